The Hall–Kier alpha value is -1.75. The quantitative estimate of drug-likeness (QED) is 0.790. The first-order chi connectivity index (χ1) is 8.25. The zero-order valence-electron chi connectivity index (χ0n) is 10.1. The molecular formula is C12H16N4O. The maximum absolute atomic E-state index is 5.02. The van der Waals surface area contributed by atoms with Crippen molar-refractivity contribution >= 4 is 0 Å². The molecule has 0 saturated carbocycles. The van der Waals surface area contributed by atoms with Crippen molar-refractivity contribution in [2.45, 2.75) is 26.8 Å². The number of aromatic nitrogens is 3. The molecule has 0 unspecified atom stereocenters. The van der Waals surface area contributed by atoms with Gasteiger partial charge in [0.1, 0.15) is 0 Å². The second-order valence-electron chi connectivity index (χ2n) is 3.93. The van der Waals surface area contributed by atoms with Crippen LogP contribution in [-0.2, 0) is 13.0 Å². The monoisotopic (exact) mass is 232 g/mol. The van der Waals surface area contributed by atoms with E-state index < -0.39 is 0 Å². The first-order valence-electron chi connectivity index (χ1n) is 5.66. The van der Waals surface area contributed by atoms with Crippen LogP contribution in [0.3, 0.4) is 0 Å². The fourth-order valence-corrected chi connectivity index (χ4v) is 1.55. The van der Waals surface area contributed by atoms with Gasteiger partial charge in [-0.25, -0.2) is 0 Å². The van der Waals surface area contributed by atoms with Gasteiger partial charge in [0.2, 0.25) is 5.89 Å². The van der Waals surface area contributed by atoms with Gasteiger partial charge < -0.3 is 9.84 Å². The molecule has 2 rings (SSSR count). The third-order valence-corrected chi connectivity index (χ3v) is 2.50. The minimum Gasteiger partial charge on any atom is -0.339 e. The van der Waals surface area contributed by atoms with Gasteiger partial charge in [-0.15, -0.1) is 0 Å². The second-order valence-corrected chi connectivity index (χ2v) is 3.93. The summed E-state index contributed by atoms with van der Waals surface area (Å²) in [5, 5.41) is 7.05. The molecule has 0 aliphatic carbocycles. The van der Waals surface area contributed by atoms with Crippen LogP contribution in [0, 0.1) is 13.8 Å². The summed E-state index contributed by atoms with van der Waals surface area (Å²) in [6.45, 7) is 5.44. The van der Waals surface area contributed by atoms with Crippen molar-refractivity contribution in [3.05, 3.63) is 41.3 Å². The predicted molar refractivity (Wildman–Crippen MR) is 63.4 cm³/mol. The molecule has 0 aliphatic heterocycles. The zero-order valence-corrected chi connectivity index (χ0v) is 10.1. The summed E-state index contributed by atoms with van der Waals surface area (Å²) in [6.07, 6.45) is 2.55. The lowest BCUT2D eigenvalue weighted by Crippen LogP contribution is -2.18. The van der Waals surface area contributed by atoms with E-state index in [9.17, 15) is 0 Å². The molecule has 17 heavy (non-hydrogen) atoms. The van der Waals surface area contributed by atoms with Gasteiger partial charge in [-0.3, -0.25) is 4.98 Å². The number of aryl methyl sites for hydroxylation is 2. The molecule has 0 fully saturated rings. The standard InChI is InChI=1S/C12H16N4O/c1-9-4-3-6-14-11(9)8-13-7-5-12-15-10(2)16-17-12/h3-4,6,13H,5,7-8H2,1-2H3. The van der Waals surface area contributed by atoms with Crippen LogP contribution in [0.1, 0.15) is 23.0 Å². The summed E-state index contributed by atoms with van der Waals surface area (Å²) in [5.74, 6) is 1.35. The number of pyridine rings is 1. The Kier molecular flexibility index (Phi) is 3.82. The molecule has 1 N–H and O–H groups in total. The summed E-state index contributed by atoms with van der Waals surface area (Å²) in [7, 11) is 0. The number of hydrogen-bond acceptors (Lipinski definition) is 5. The average molecular weight is 232 g/mol. The molecule has 0 aromatic carbocycles. The molecule has 0 saturated heterocycles. The highest BCUT2D eigenvalue weighted by Gasteiger charge is 2.02. The van der Waals surface area contributed by atoms with Gasteiger partial charge in [0.15, 0.2) is 5.82 Å². The summed E-state index contributed by atoms with van der Waals surface area (Å²) in [6, 6.07) is 4.01. The molecule has 90 valence electrons. The van der Waals surface area contributed by atoms with Crippen LogP contribution in [0.5, 0.6) is 0 Å². The Morgan fingerprint density at radius 2 is 2.24 bits per heavy atom. The van der Waals surface area contributed by atoms with Crippen molar-refractivity contribution in [3.63, 3.8) is 0 Å². The van der Waals surface area contributed by atoms with Crippen LogP contribution < -0.4 is 5.32 Å². The molecular weight excluding hydrogens is 216 g/mol. The van der Waals surface area contributed by atoms with Crippen LogP contribution in [0.2, 0.25) is 0 Å². The van der Waals surface area contributed by atoms with Gasteiger partial charge >= 0.3 is 0 Å². The summed E-state index contributed by atoms with van der Waals surface area (Å²) in [4.78, 5) is 8.45. The average Bonchev–Trinajstić information content (AvgIpc) is 2.73. The van der Waals surface area contributed by atoms with E-state index in [0.29, 0.717) is 11.7 Å². The first kappa shape index (κ1) is 11.7. The van der Waals surface area contributed by atoms with Crippen LogP contribution >= 0.6 is 0 Å². The van der Waals surface area contributed by atoms with Crippen molar-refractivity contribution in [2.24, 2.45) is 0 Å². The lowest BCUT2D eigenvalue weighted by molar-refractivity contribution is 0.372. The highest BCUT2D eigenvalue weighted by Crippen LogP contribution is 2.02. The van der Waals surface area contributed by atoms with Gasteiger partial charge in [0.05, 0.1) is 5.69 Å². The molecule has 0 atom stereocenters. The normalized spacial score (nSPS) is 10.7. The highest BCUT2D eigenvalue weighted by molar-refractivity contribution is 5.17. The third kappa shape index (κ3) is 3.35. The van der Waals surface area contributed by atoms with E-state index in [1.54, 1.807) is 0 Å². The molecule has 5 heteroatoms. The fourth-order valence-electron chi connectivity index (χ4n) is 1.55. The third-order valence-electron chi connectivity index (χ3n) is 2.50. The number of hydrogen-bond donors (Lipinski definition) is 1. The number of nitrogens with zero attached hydrogens (tertiary/aromatic N) is 3. The van der Waals surface area contributed by atoms with Gasteiger partial charge in [0.25, 0.3) is 0 Å². The Morgan fingerprint density at radius 1 is 1.35 bits per heavy atom. The molecule has 0 aliphatic rings. The largest absolute Gasteiger partial charge is 0.339 e. The van der Waals surface area contributed by atoms with Crippen molar-refractivity contribution in [1.29, 1.82) is 0 Å². The summed E-state index contributed by atoms with van der Waals surface area (Å²) >= 11 is 0. The Bertz CT molecular complexity index is 481. The molecule has 2 aromatic heterocycles. The zero-order chi connectivity index (χ0) is 12.1. The molecule has 2 aromatic rings. The SMILES string of the molecule is Cc1noc(CCNCc2ncccc2C)n1. The second kappa shape index (κ2) is 5.54. The maximum Gasteiger partial charge on any atom is 0.227 e. The van der Waals surface area contributed by atoms with Crippen LogP contribution in [0.15, 0.2) is 22.9 Å². The number of nitrogens with one attached hydrogen (secondary N) is 1. The molecule has 0 spiro atoms. The topological polar surface area (TPSA) is 63.8 Å². The minimum absolute atomic E-state index is 0.674. The fraction of sp³-hybridized carbons (Fsp3) is 0.417. The smallest absolute Gasteiger partial charge is 0.227 e. The molecule has 0 radical (unpaired) electrons. The van der Waals surface area contributed by atoms with E-state index in [-0.39, 0.29) is 0 Å². The Labute approximate surface area is 100 Å². The lowest BCUT2D eigenvalue weighted by atomic mass is 10.2. The van der Waals surface area contributed by atoms with Crippen molar-refractivity contribution in [2.75, 3.05) is 6.54 Å². The van der Waals surface area contributed by atoms with Crippen molar-refractivity contribution in [1.82, 2.24) is 20.4 Å². The predicted octanol–water partition coefficient (Wildman–Crippen LogP) is 1.41. The van der Waals surface area contributed by atoms with E-state index in [2.05, 4.69) is 33.4 Å². The van der Waals surface area contributed by atoms with E-state index in [0.717, 1.165) is 25.2 Å². The minimum atomic E-state index is 0.674. The Morgan fingerprint density at radius 3 is 2.94 bits per heavy atom. The van der Waals surface area contributed by atoms with E-state index in [4.69, 9.17) is 4.52 Å². The lowest BCUT2D eigenvalue weighted by Gasteiger charge is -2.04. The van der Waals surface area contributed by atoms with Crippen LogP contribution in [0.4, 0.5) is 0 Å². The first-order valence-corrected chi connectivity index (χ1v) is 5.66. The van der Waals surface area contributed by atoms with Gasteiger partial charge in [-0.1, -0.05) is 11.2 Å². The van der Waals surface area contributed by atoms with Gasteiger partial charge in [-0.2, -0.15) is 4.98 Å². The summed E-state index contributed by atoms with van der Waals surface area (Å²) in [5.41, 5.74) is 2.28. The number of rotatable bonds is 5. The van der Waals surface area contributed by atoms with Crippen molar-refractivity contribution in [3.8, 4) is 0 Å². The molecule has 2 heterocycles. The molecule has 0 bridgehead atoms. The van der Waals surface area contributed by atoms with E-state index in [1.807, 2.05) is 19.2 Å². The van der Waals surface area contributed by atoms with Gasteiger partial charge in [0, 0.05) is 25.7 Å². The van der Waals surface area contributed by atoms with Crippen LogP contribution in [-0.4, -0.2) is 21.7 Å². The van der Waals surface area contributed by atoms with Crippen LogP contribution in [0.25, 0.3) is 0 Å². The molecule has 5 nitrogen and oxygen atoms in total. The Balaban J connectivity index is 1.75. The van der Waals surface area contributed by atoms with Crippen molar-refractivity contribution < 1.29 is 4.52 Å². The highest BCUT2D eigenvalue weighted by atomic mass is 16.5. The van der Waals surface area contributed by atoms with E-state index in [1.165, 1.54) is 5.56 Å². The molecule has 0 amide bonds. The summed E-state index contributed by atoms with van der Waals surface area (Å²) < 4.78 is 5.02. The van der Waals surface area contributed by atoms with Gasteiger partial charge in [-0.05, 0) is 25.5 Å². The van der Waals surface area contributed by atoms with E-state index >= 15 is 0 Å². The maximum atomic E-state index is 5.02.